The number of aromatic nitrogens is 1. The van der Waals surface area contributed by atoms with E-state index in [1.54, 1.807) is 42.5 Å². The average Bonchev–Trinajstić information content (AvgIpc) is 3.39. The van der Waals surface area contributed by atoms with Gasteiger partial charge in [0.2, 0.25) is 0 Å². The summed E-state index contributed by atoms with van der Waals surface area (Å²) in [6, 6.07) is 15.7. The van der Waals surface area contributed by atoms with E-state index in [2.05, 4.69) is 34.4 Å². The molecule has 0 saturated carbocycles. The molecule has 1 N–H and O–H groups in total. The topological polar surface area (TPSA) is 68.2 Å². The third kappa shape index (κ3) is 5.71. The molecule has 0 aliphatic heterocycles. The van der Waals surface area contributed by atoms with Crippen LogP contribution in [0.4, 0.5) is 0 Å². The zero-order valence-electron chi connectivity index (χ0n) is 19.6. The molecular formula is C29H32N2O3. The van der Waals surface area contributed by atoms with E-state index in [0.717, 1.165) is 19.4 Å². The Labute approximate surface area is 201 Å². The SMILES string of the molecule is O=C(NCCCCCCCCCCn1cccc1)c1ccc2c(c1)C(=O)c1ccccc1C2=O. The number of nitrogens with zero attached hydrogens (tertiary/aromatic N) is 1. The van der Waals surface area contributed by atoms with Crippen LogP contribution in [0.2, 0.25) is 0 Å². The van der Waals surface area contributed by atoms with Crippen molar-refractivity contribution in [3.63, 3.8) is 0 Å². The Bertz CT molecular complexity index is 1150. The lowest BCUT2D eigenvalue weighted by atomic mass is 9.83. The molecule has 1 aromatic heterocycles. The quantitative estimate of drug-likeness (QED) is 0.273. The minimum Gasteiger partial charge on any atom is -0.354 e. The molecule has 2 aromatic carbocycles. The summed E-state index contributed by atoms with van der Waals surface area (Å²) < 4.78 is 2.23. The van der Waals surface area contributed by atoms with Crippen LogP contribution in [-0.4, -0.2) is 28.6 Å². The number of hydrogen-bond donors (Lipinski definition) is 1. The van der Waals surface area contributed by atoms with Crippen molar-refractivity contribution in [1.29, 1.82) is 0 Å². The van der Waals surface area contributed by atoms with Crippen LogP contribution < -0.4 is 5.32 Å². The highest BCUT2D eigenvalue weighted by Gasteiger charge is 2.29. The molecule has 0 spiro atoms. The van der Waals surface area contributed by atoms with Gasteiger partial charge < -0.3 is 9.88 Å². The van der Waals surface area contributed by atoms with Gasteiger partial charge in [-0.2, -0.15) is 0 Å². The van der Waals surface area contributed by atoms with E-state index in [-0.39, 0.29) is 17.5 Å². The van der Waals surface area contributed by atoms with Crippen molar-refractivity contribution in [2.45, 2.75) is 57.9 Å². The zero-order valence-corrected chi connectivity index (χ0v) is 19.6. The molecule has 4 rings (SSSR count). The largest absolute Gasteiger partial charge is 0.354 e. The molecule has 5 heteroatoms. The monoisotopic (exact) mass is 456 g/mol. The van der Waals surface area contributed by atoms with Crippen LogP contribution in [0.5, 0.6) is 0 Å². The maximum atomic E-state index is 12.8. The van der Waals surface area contributed by atoms with Crippen molar-refractivity contribution in [2.75, 3.05) is 6.54 Å². The number of amides is 1. The Hall–Kier alpha value is -3.47. The predicted octanol–water partition coefficient (Wildman–Crippen LogP) is 5.81. The Morgan fingerprint density at radius 1 is 0.647 bits per heavy atom. The number of unbranched alkanes of at least 4 members (excludes halogenated alkanes) is 7. The van der Waals surface area contributed by atoms with Crippen LogP contribution in [0, 0.1) is 0 Å². The molecular weight excluding hydrogens is 424 g/mol. The van der Waals surface area contributed by atoms with Crippen LogP contribution in [0.15, 0.2) is 67.0 Å². The number of nitrogens with one attached hydrogen (secondary N) is 1. The first-order valence-corrected chi connectivity index (χ1v) is 12.4. The summed E-state index contributed by atoms with van der Waals surface area (Å²) >= 11 is 0. The molecule has 3 aromatic rings. The minimum atomic E-state index is -0.204. The van der Waals surface area contributed by atoms with Gasteiger partial charge in [0.15, 0.2) is 11.6 Å². The van der Waals surface area contributed by atoms with Crippen molar-refractivity contribution < 1.29 is 14.4 Å². The molecule has 1 aliphatic carbocycles. The van der Waals surface area contributed by atoms with Crippen LogP contribution in [0.3, 0.4) is 0 Å². The van der Waals surface area contributed by atoms with Crippen molar-refractivity contribution >= 4 is 17.5 Å². The van der Waals surface area contributed by atoms with Gasteiger partial charge in [-0.1, -0.05) is 62.8 Å². The molecule has 176 valence electrons. The summed E-state index contributed by atoms with van der Waals surface area (Å²) in [5.74, 6) is -0.577. The van der Waals surface area contributed by atoms with E-state index in [1.165, 1.54) is 38.5 Å². The number of benzene rings is 2. The summed E-state index contributed by atoms with van der Waals surface area (Å²) in [4.78, 5) is 38.1. The molecule has 1 amide bonds. The zero-order chi connectivity index (χ0) is 23.8. The van der Waals surface area contributed by atoms with E-state index in [9.17, 15) is 14.4 Å². The maximum absolute atomic E-state index is 12.8. The van der Waals surface area contributed by atoms with Gasteiger partial charge in [-0.3, -0.25) is 14.4 Å². The lowest BCUT2D eigenvalue weighted by Gasteiger charge is -2.18. The molecule has 1 heterocycles. The minimum absolute atomic E-state index is 0.168. The Morgan fingerprint density at radius 3 is 1.88 bits per heavy atom. The molecule has 1 aliphatic rings. The molecule has 0 unspecified atom stereocenters. The second-order valence-corrected chi connectivity index (χ2v) is 8.97. The van der Waals surface area contributed by atoms with Gasteiger partial charge in [0.1, 0.15) is 0 Å². The smallest absolute Gasteiger partial charge is 0.251 e. The molecule has 0 radical (unpaired) electrons. The van der Waals surface area contributed by atoms with Crippen molar-refractivity contribution in [3.8, 4) is 0 Å². The van der Waals surface area contributed by atoms with E-state index in [0.29, 0.717) is 34.4 Å². The molecule has 0 saturated heterocycles. The van der Waals surface area contributed by atoms with Gasteiger partial charge in [0.25, 0.3) is 5.91 Å². The fourth-order valence-corrected chi connectivity index (χ4v) is 4.54. The predicted molar refractivity (Wildman–Crippen MR) is 133 cm³/mol. The average molecular weight is 457 g/mol. The number of carbonyl (C=O) groups is 3. The first kappa shape index (κ1) is 23.7. The van der Waals surface area contributed by atoms with Gasteiger partial charge >= 0.3 is 0 Å². The van der Waals surface area contributed by atoms with Crippen LogP contribution >= 0.6 is 0 Å². The van der Waals surface area contributed by atoms with Gasteiger partial charge in [0.05, 0.1) is 0 Å². The Balaban J connectivity index is 1.13. The summed E-state index contributed by atoms with van der Waals surface area (Å²) in [7, 11) is 0. The van der Waals surface area contributed by atoms with E-state index < -0.39 is 0 Å². The summed E-state index contributed by atoms with van der Waals surface area (Å²) in [5.41, 5.74) is 1.92. The fourth-order valence-electron chi connectivity index (χ4n) is 4.54. The number of ketones is 2. The number of aryl methyl sites for hydroxylation is 1. The van der Waals surface area contributed by atoms with Gasteiger partial charge in [0, 0.05) is 53.3 Å². The molecule has 5 nitrogen and oxygen atoms in total. The molecule has 0 bridgehead atoms. The highest BCUT2D eigenvalue weighted by molar-refractivity contribution is 6.28. The van der Waals surface area contributed by atoms with Crippen molar-refractivity contribution in [2.24, 2.45) is 0 Å². The number of fused-ring (bicyclic) bond motifs is 2. The Kier molecular flexibility index (Phi) is 8.08. The normalized spacial score (nSPS) is 12.4. The van der Waals surface area contributed by atoms with E-state index in [4.69, 9.17) is 0 Å². The van der Waals surface area contributed by atoms with Crippen LogP contribution in [0.25, 0.3) is 0 Å². The van der Waals surface area contributed by atoms with Gasteiger partial charge in [-0.15, -0.1) is 0 Å². The second-order valence-electron chi connectivity index (χ2n) is 8.97. The number of rotatable bonds is 12. The first-order chi connectivity index (χ1) is 16.6. The maximum Gasteiger partial charge on any atom is 0.251 e. The lowest BCUT2D eigenvalue weighted by Crippen LogP contribution is -2.26. The van der Waals surface area contributed by atoms with Crippen LogP contribution in [-0.2, 0) is 6.54 Å². The van der Waals surface area contributed by atoms with Crippen molar-refractivity contribution in [3.05, 3.63) is 94.8 Å². The van der Waals surface area contributed by atoms with Gasteiger partial charge in [-0.05, 0) is 43.2 Å². The highest BCUT2D eigenvalue weighted by Crippen LogP contribution is 2.27. The first-order valence-electron chi connectivity index (χ1n) is 12.4. The molecule has 34 heavy (non-hydrogen) atoms. The van der Waals surface area contributed by atoms with Gasteiger partial charge in [-0.25, -0.2) is 0 Å². The Morgan fingerprint density at radius 2 is 1.21 bits per heavy atom. The van der Waals surface area contributed by atoms with E-state index >= 15 is 0 Å². The summed E-state index contributed by atoms with van der Waals surface area (Å²) in [6.07, 6.45) is 13.7. The van der Waals surface area contributed by atoms with Crippen LogP contribution in [0.1, 0.15) is 93.6 Å². The second kappa shape index (κ2) is 11.6. The highest BCUT2D eigenvalue weighted by atomic mass is 16.2. The summed E-state index contributed by atoms with van der Waals surface area (Å²) in [5, 5.41) is 2.95. The number of hydrogen-bond acceptors (Lipinski definition) is 3. The standard InChI is InChI=1S/C29H32N2O3/c32-27-23-13-7-8-14-24(23)28(33)26-21-22(15-16-25(26)27)29(34)30-17-9-5-3-1-2-4-6-10-18-31-19-11-12-20-31/h7-8,11-16,19-21H,1-6,9-10,17-18H2,(H,30,34). The fraction of sp³-hybridized carbons (Fsp3) is 0.345. The summed E-state index contributed by atoms with van der Waals surface area (Å²) in [6.45, 7) is 1.72. The third-order valence-electron chi connectivity index (χ3n) is 6.48. The third-order valence-corrected chi connectivity index (χ3v) is 6.48. The molecule has 0 atom stereocenters. The van der Waals surface area contributed by atoms with E-state index in [1.807, 2.05) is 0 Å². The molecule has 0 fully saturated rings. The van der Waals surface area contributed by atoms with Crippen molar-refractivity contribution in [1.82, 2.24) is 9.88 Å². The number of carbonyl (C=O) groups excluding carboxylic acids is 3. The lowest BCUT2D eigenvalue weighted by molar-refractivity contribution is 0.0950.